The summed E-state index contributed by atoms with van der Waals surface area (Å²) in [5, 5.41) is 7.94. The van der Waals surface area contributed by atoms with Crippen molar-refractivity contribution in [3.05, 3.63) is 34.9 Å². The summed E-state index contributed by atoms with van der Waals surface area (Å²) in [6, 6.07) is 8.67. The van der Waals surface area contributed by atoms with Crippen molar-refractivity contribution in [3.63, 3.8) is 0 Å². The molecular formula is C22H37ClIN5O. The molecule has 8 heteroatoms. The molecule has 1 aromatic carbocycles. The first-order valence-corrected chi connectivity index (χ1v) is 11.2. The van der Waals surface area contributed by atoms with Gasteiger partial charge in [0.15, 0.2) is 5.96 Å². The number of morpholine rings is 1. The molecule has 6 nitrogen and oxygen atoms in total. The van der Waals surface area contributed by atoms with E-state index in [0.29, 0.717) is 12.0 Å². The van der Waals surface area contributed by atoms with Gasteiger partial charge in [-0.1, -0.05) is 30.7 Å². The van der Waals surface area contributed by atoms with Crippen LogP contribution in [0.15, 0.2) is 29.3 Å². The van der Waals surface area contributed by atoms with E-state index in [9.17, 15) is 0 Å². The van der Waals surface area contributed by atoms with E-state index in [1.807, 2.05) is 19.2 Å². The van der Waals surface area contributed by atoms with Gasteiger partial charge < -0.3 is 15.4 Å². The molecule has 0 spiro atoms. The van der Waals surface area contributed by atoms with Crippen LogP contribution in [0, 0.1) is 5.92 Å². The fourth-order valence-electron chi connectivity index (χ4n) is 4.03. The number of benzene rings is 1. The van der Waals surface area contributed by atoms with Crippen LogP contribution in [0.1, 0.15) is 25.3 Å². The molecule has 1 atom stereocenters. The first-order chi connectivity index (χ1) is 14.1. The van der Waals surface area contributed by atoms with Gasteiger partial charge in [-0.3, -0.25) is 14.8 Å². The molecule has 2 fully saturated rings. The maximum Gasteiger partial charge on any atom is 0.191 e. The molecule has 0 bridgehead atoms. The Labute approximate surface area is 203 Å². The molecule has 30 heavy (non-hydrogen) atoms. The number of nitrogens with one attached hydrogen (secondary N) is 2. The molecule has 0 aromatic heterocycles. The highest BCUT2D eigenvalue weighted by Gasteiger charge is 2.20. The topological polar surface area (TPSA) is 52.1 Å². The number of nitrogens with zero attached hydrogens (tertiary/aromatic N) is 3. The molecule has 3 rings (SSSR count). The number of hydrogen-bond acceptors (Lipinski definition) is 4. The van der Waals surface area contributed by atoms with Crippen LogP contribution in [0.2, 0.25) is 5.02 Å². The molecule has 1 aromatic rings. The van der Waals surface area contributed by atoms with Gasteiger partial charge in [0, 0.05) is 63.9 Å². The van der Waals surface area contributed by atoms with Gasteiger partial charge in [-0.05, 0) is 36.5 Å². The number of piperidine rings is 1. The molecule has 2 aliphatic heterocycles. The van der Waals surface area contributed by atoms with E-state index in [4.69, 9.17) is 16.3 Å². The highest BCUT2D eigenvalue weighted by atomic mass is 127. The van der Waals surface area contributed by atoms with Crippen LogP contribution in [0.4, 0.5) is 0 Å². The Balaban J connectivity index is 0.00000320. The van der Waals surface area contributed by atoms with Gasteiger partial charge in [-0.15, -0.1) is 24.0 Å². The normalized spacial score (nSPS) is 20.4. The van der Waals surface area contributed by atoms with Gasteiger partial charge in [0.05, 0.1) is 13.2 Å². The molecule has 2 saturated heterocycles. The number of rotatable bonds is 7. The Morgan fingerprint density at radius 3 is 2.43 bits per heavy atom. The van der Waals surface area contributed by atoms with Crippen LogP contribution in [0.25, 0.3) is 0 Å². The molecule has 2 aliphatic rings. The van der Waals surface area contributed by atoms with Crippen LogP contribution in [-0.4, -0.2) is 81.3 Å². The lowest BCUT2D eigenvalue weighted by molar-refractivity contribution is 0.0320. The molecule has 2 heterocycles. The van der Waals surface area contributed by atoms with Crippen LogP contribution in [-0.2, 0) is 11.3 Å². The number of aliphatic imine (C=N–C) groups is 1. The quantitative estimate of drug-likeness (QED) is 0.311. The molecular weight excluding hydrogens is 513 g/mol. The third kappa shape index (κ3) is 8.86. The minimum Gasteiger partial charge on any atom is -0.379 e. The van der Waals surface area contributed by atoms with Gasteiger partial charge in [0.1, 0.15) is 0 Å². The monoisotopic (exact) mass is 549 g/mol. The minimum absolute atomic E-state index is 0. The van der Waals surface area contributed by atoms with E-state index in [-0.39, 0.29) is 24.0 Å². The van der Waals surface area contributed by atoms with Gasteiger partial charge in [0.25, 0.3) is 0 Å². The van der Waals surface area contributed by atoms with E-state index < -0.39 is 0 Å². The standard InChI is InChI=1S/C22H36ClN5O.HI/c1-18(16-28-11-13-29-14-12-28)15-25-22(24-2)26-21-7-9-27(10-8-21)17-19-3-5-20(23)6-4-19;/h3-6,18,21H,7-17H2,1-2H3,(H2,24,25,26);1H. The Morgan fingerprint density at radius 2 is 1.80 bits per heavy atom. The van der Waals surface area contributed by atoms with Gasteiger partial charge in [-0.25, -0.2) is 0 Å². The highest BCUT2D eigenvalue weighted by Crippen LogP contribution is 2.16. The lowest BCUT2D eigenvalue weighted by atomic mass is 10.0. The summed E-state index contributed by atoms with van der Waals surface area (Å²) < 4.78 is 5.43. The zero-order valence-electron chi connectivity index (χ0n) is 18.3. The van der Waals surface area contributed by atoms with Gasteiger partial charge >= 0.3 is 0 Å². The average molecular weight is 550 g/mol. The number of likely N-dealkylation sites (tertiary alicyclic amines) is 1. The Morgan fingerprint density at radius 1 is 1.13 bits per heavy atom. The largest absolute Gasteiger partial charge is 0.379 e. The number of guanidine groups is 1. The van der Waals surface area contributed by atoms with E-state index >= 15 is 0 Å². The van der Waals surface area contributed by atoms with Crippen LogP contribution < -0.4 is 10.6 Å². The molecule has 2 N–H and O–H groups in total. The Hall–Kier alpha value is -0.610. The van der Waals surface area contributed by atoms with E-state index in [2.05, 4.69) is 44.5 Å². The summed E-state index contributed by atoms with van der Waals surface area (Å²) in [5.74, 6) is 1.50. The van der Waals surface area contributed by atoms with Crippen molar-refractivity contribution in [2.75, 3.05) is 59.5 Å². The third-order valence-electron chi connectivity index (χ3n) is 5.76. The van der Waals surface area contributed by atoms with Crippen molar-refractivity contribution in [2.24, 2.45) is 10.9 Å². The summed E-state index contributed by atoms with van der Waals surface area (Å²) in [7, 11) is 1.86. The van der Waals surface area contributed by atoms with Crippen molar-refractivity contribution in [2.45, 2.75) is 32.4 Å². The Kier molecular flexibility index (Phi) is 11.7. The molecule has 0 saturated carbocycles. The SMILES string of the molecule is CN=C(NCC(C)CN1CCOCC1)NC1CCN(Cc2ccc(Cl)cc2)CC1.I. The van der Waals surface area contributed by atoms with Crippen molar-refractivity contribution in [1.82, 2.24) is 20.4 Å². The summed E-state index contributed by atoms with van der Waals surface area (Å²) in [5.41, 5.74) is 1.33. The van der Waals surface area contributed by atoms with Gasteiger partial charge in [-0.2, -0.15) is 0 Å². The highest BCUT2D eigenvalue weighted by molar-refractivity contribution is 14.0. The fraction of sp³-hybridized carbons (Fsp3) is 0.682. The summed E-state index contributed by atoms with van der Waals surface area (Å²) in [6.45, 7) is 11.4. The van der Waals surface area contributed by atoms with Crippen LogP contribution >= 0.6 is 35.6 Å². The fourth-order valence-corrected chi connectivity index (χ4v) is 4.16. The Bertz CT molecular complexity index is 631. The molecule has 1 unspecified atom stereocenters. The number of ether oxygens (including phenoxy) is 1. The first kappa shape index (κ1) is 25.6. The van der Waals surface area contributed by atoms with E-state index in [1.54, 1.807) is 0 Å². The predicted octanol–water partition coefficient (Wildman–Crippen LogP) is 3.06. The summed E-state index contributed by atoms with van der Waals surface area (Å²) in [4.78, 5) is 9.44. The first-order valence-electron chi connectivity index (χ1n) is 10.9. The maximum atomic E-state index is 5.98. The zero-order chi connectivity index (χ0) is 20.5. The average Bonchev–Trinajstić information content (AvgIpc) is 2.74. The third-order valence-corrected chi connectivity index (χ3v) is 6.01. The van der Waals surface area contributed by atoms with Crippen molar-refractivity contribution >= 4 is 41.5 Å². The molecule has 0 radical (unpaired) electrons. The second-order valence-electron chi connectivity index (χ2n) is 8.29. The second-order valence-corrected chi connectivity index (χ2v) is 8.73. The van der Waals surface area contributed by atoms with Crippen molar-refractivity contribution < 1.29 is 4.74 Å². The van der Waals surface area contributed by atoms with Gasteiger partial charge in [0.2, 0.25) is 0 Å². The minimum atomic E-state index is 0. The lowest BCUT2D eigenvalue weighted by Gasteiger charge is -2.33. The summed E-state index contributed by atoms with van der Waals surface area (Å²) >= 11 is 5.98. The predicted molar refractivity (Wildman–Crippen MR) is 136 cm³/mol. The number of hydrogen-bond donors (Lipinski definition) is 2. The summed E-state index contributed by atoms with van der Waals surface area (Å²) in [6.07, 6.45) is 2.27. The maximum absolute atomic E-state index is 5.98. The van der Waals surface area contributed by atoms with Crippen LogP contribution in [0.3, 0.4) is 0 Å². The van der Waals surface area contributed by atoms with E-state index in [1.165, 1.54) is 5.56 Å². The van der Waals surface area contributed by atoms with E-state index in [0.717, 1.165) is 82.9 Å². The zero-order valence-corrected chi connectivity index (χ0v) is 21.4. The second kappa shape index (κ2) is 13.7. The smallest absolute Gasteiger partial charge is 0.191 e. The molecule has 0 aliphatic carbocycles. The van der Waals surface area contributed by atoms with Crippen molar-refractivity contribution in [3.8, 4) is 0 Å². The number of halogens is 2. The lowest BCUT2D eigenvalue weighted by Crippen LogP contribution is -2.49. The van der Waals surface area contributed by atoms with Crippen LogP contribution in [0.5, 0.6) is 0 Å². The molecule has 170 valence electrons. The van der Waals surface area contributed by atoms with Crippen molar-refractivity contribution in [1.29, 1.82) is 0 Å². The molecule has 0 amide bonds.